The number of carbonyl (C=O) groups excluding carboxylic acids is 2. The zero-order chi connectivity index (χ0) is 32.5. The standard InChI is InChI=1S/C33H31N7O6/c1-17-4-3-5-26(40-11-10-18(14-28(40)41)29-19(16-34)6-8-23-30(29)46-39-31(23)35)25-12-20(13-27(37-25)45-2)22-9-7-21(36-33(43)44)15-24(22)38-32(17)42/h6-9,12-15,17,26,36H,3-5,10-11H2,1-2H3,(H2,35,39)(H,38,42)(H,43,44)/t17-,26+/m1/s1. The van der Waals surface area contributed by atoms with Crippen molar-refractivity contribution >= 4 is 51.6 Å². The Balaban J connectivity index is 1.43. The van der Waals surface area contributed by atoms with Crippen LogP contribution in [0, 0.1) is 17.2 Å². The van der Waals surface area contributed by atoms with E-state index in [1.807, 2.05) is 13.0 Å². The first-order valence-corrected chi connectivity index (χ1v) is 14.8. The lowest BCUT2D eigenvalue weighted by Gasteiger charge is -2.35. The van der Waals surface area contributed by atoms with Gasteiger partial charge in [0.1, 0.15) is 0 Å². The normalized spacial score (nSPS) is 18.4. The summed E-state index contributed by atoms with van der Waals surface area (Å²) in [6.45, 7) is 2.17. The number of nitrogens with two attached hydrogens (primary N) is 1. The number of rotatable bonds is 4. The van der Waals surface area contributed by atoms with E-state index in [0.29, 0.717) is 94.0 Å². The van der Waals surface area contributed by atoms with Crippen molar-refractivity contribution in [2.45, 2.75) is 38.6 Å². The Kier molecular flexibility index (Phi) is 8.02. The highest BCUT2D eigenvalue weighted by atomic mass is 16.5. The minimum Gasteiger partial charge on any atom is -0.481 e. The van der Waals surface area contributed by atoms with Gasteiger partial charge in [0.2, 0.25) is 17.7 Å². The van der Waals surface area contributed by atoms with Crippen LogP contribution in [0.5, 0.6) is 5.88 Å². The maximum absolute atomic E-state index is 13.9. The lowest BCUT2D eigenvalue weighted by Crippen LogP contribution is -2.38. The van der Waals surface area contributed by atoms with Gasteiger partial charge in [0, 0.05) is 41.4 Å². The molecule has 0 fully saturated rings. The van der Waals surface area contributed by atoms with Crippen molar-refractivity contribution in [2.24, 2.45) is 5.92 Å². The predicted molar refractivity (Wildman–Crippen MR) is 170 cm³/mol. The lowest BCUT2D eigenvalue weighted by molar-refractivity contribution is -0.129. The molecule has 0 saturated heterocycles. The van der Waals surface area contributed by atoms with Crippen molar-refractivity contribution in [3.8, 4) is 23.1 Å². The van der Waals surface area contributed by atoms with E-state index < -0.39 is 12.1 Å². The monoisotopic (exact) mass is 621 g/mol. The quantitative estimate of drug-likeness (QED) is 0.224. The van der Waals surface area contributed by atoms with Crippen LogP contribution < -0.4 is 21.1 Å². The van der Waals surface area contributed by atoms with Gasteiger partial charge in [-0.2, -0.15) is 5.26 Å². The maximum Gasteiger partial charge on any atom is 0.409 e. The van der Waals surface area contributed by atoms with E-state index in [9.17, 15) is 24.8 Å². The molecule has 5 N–H and O–H groups in total. The molecule has 234 valence electrons. The Morgan fingerprint density at radius 3 is 2.78 bits per heavy atom. The van der Waals surface area contributed by atoms with E-state index in [1.54, 1.807) is 41.3 Å². The van der Waals surface area contributed by atoms with Crippen LogP contribution in [-0.2, 0) is 9.59 Å². The van der Waals surface area contributed by atoms with Crippen molar-refractivity contribution in [3.05, 3.63) is 65.4 Å². The molecular weight excluding hydrogens is 590 g/mol. The number of hydrogen-bond donors (Lipinski definition) is 4. The molecule has 0 radical (unpaired) electrons. The number of amides is 3. The minimum atomic E-state index is -1.22. The van der Waals surface area contributed by atoms with Gasteiger partial charge in [0.15, 0.2) is 11.4 Å². The zero-order valence-corrected chi connectivity index (χ0v) is 25.2. The predicted octanol–water partition coefficient (Wildman–Crippen LogP) is 5.56. The summed E-state index contributed by atoms with van der Waals surface area (Å²) in [5.41, 5.74) is 10.5. The number of aromatic nitrogens is 2. The number of pyridine rings is 1. The number of anilines is 3. The highest BCUT2D eigenvalue weighted by Crippen LogP contribution is 2.40. The van der Waals surface area contributed by atoms with Gasteiger partial charge >= 0.3 is 6.09 Å². The summed E-state index contributed by atoms with van der Waals surface area (Å²) in [5.74, 6) is -0.288. The van der Waals surface area contributed by atoms with Crippen LogP contribution in [0.1, 0.15) is 55.5 Å². The molecule has 0 unspecified atom stereocenters. The topological polar surface area (TPSA) is 197 Å². The summed E-state index contributed by atoms with van der Waals surface area (Å²) in [5, 5.41) is 28.8. The van der Waals surface area contributed by atoms with Crippen LogP contribution >= 0.6 is 0 Å². The van der Waals surface area contributed by atoms with Crippen molar-refractivity contribution in [3.63, 3.8) is 0 Å². The van der Waals surface area contributed by atoms with E-state index in [4.69, 9.17) is 20.0 Å². The van der Waals surface area contributed by atoms with Gasteiger partial charge < -0.3 is 30.3 Å². The van der Waals surface area contributed by atoms with Gasteiger partial charge in [-0.1, -0.05) is 24.6 Å². The molecule has 13 heteroatoms. The fraction of sp³-hybridized carbons (Fsp3) is 0.273. The molecule has 0 spiro atoms. The first-order valence-electron chi connectivity index (χ1n) is 14.8. The molecule has 2 atom stereocenters. The summed E-state index contributed by atoms with van der Waals surface area (Å²) in [6, 6.07) is 13.6. The van der Waals surface area contributed by atoms with E-state index >= 15 is 0 Å². The number of carboxylic acid groups (broad SMARTS) is 1. The van der Waals surface area contributed by atoms with E-state index in [-0.39, 0.29) is 23.6 Å². The van der Waals surface area contributed by atoms with Crippen molar-refractivity contribution < 1.29 is 28.8 Å². The van der Waals surface area contributed by atoms with Crippen molar-refractivity contribution in [2.75, 3.05) is 30.0 Å². The van der Waals surface area contributed by atoms with Gasteiger partial charge in [-0.25, -0.2) is 9.78 Å². The van der Waals surface area contributed by atoms with Crippen LogP contribution in [0.15, 0.2) is 53.1 Å². The van der Waals surface area contributed by atoms with E-state index in [0.717, 1.165) is 0 Å². The molecule has 2 aromatic carbocycles. The van der Waals surface area contributed by atoms with E-state index in [2.05, 4.69) is 21.9 Å². The average Bonchev–Trinajstić information content (AvgIpc) is 3.42. The summed E-state index contributed by atoms with van der Waals surface area (Å²) < 4.78 is 11.0. The lowest BCUT2D eigenvalue weighted by atomic mass is 9.91. The van der Waals surface area contributed by atoms with Crippen LogP contribution in [0.2, 0.25) is 0 Å². The third-order valence-electron chi connectivity index (χ3n) is 8.46. The van der Waals surface area contributed by atoms with E-state index in [1.165, 1.54) is 13.2 Å². The number of hydrogen-bond acceptors (Lipinski definition) is 9. The number of benzene rings is 2. The molecule has 2 aliphatic rings. The molecule has 3 amide bonds. The number of carbonyl (C=O) groups is 3. The summed E-state index contributed by atoms with van der Waals surface area (Å²) >= 11 is 0. The van der Waals surface area contributed by atoms with Crippen molar-refractivity contribution in [1.29, 1.82) is 5.26 Å². The van der Waals surface area contributed by atoms with Crippen molar-refractivity contribution in [1.82, 2.24) is 15.0 Å². The molecule has 2 aliphatic heterocycles. The third-order valence-corrected chi connectivity index (χ3v) is 8.46. The number of nitrogen functional groups attached to an aromatic ring is 1. The van der Waals surface area contributed by atoms with Gasteiger partial charge in [-0.3, -0.25) is 14.9 Å². The van der Waals surface area contributed by atoms with Gasteiger partial charge in [0.25, 0.3) is 0 Å². The largest absolute Gasteiger partial charge is 0.481 e. The molecule has 2 aromatic heterocycles. The second kappa shape index (κ2) is 12.2. The second-order valence-corrected chi connectivity index (χ2v) is 11.3. The molecule has 4 aromatic rings. The minimum absolute atomic E-state index is 0.204. The number of nitrogens with zero attached hydrogens (tertiary/aromatic N) is 4. The summed E-state index contributed by atoms with van der Waals surface area (Å²) in [7, 11) is 1.50. The maximum atomic E-state index is 13.9. The molecule has 13 nitrogen and oxygen atoms in total. The van der Waals surface area contributed by atoms with Crippen LogP contribution in [0.4, 0.5) is 22.0 Å². The highest BCUT2D eigenvalue weighted by molar-refractivity contribution is 6.04. The molecule has 2 bridgehead atoms. The SMILES string of the molecule is COc1cc2cc(n1)[C@@H](N1CCC(c3c(C#N)ccc4c(N)noc34)=CC1=O)CCC[C@@H](C)C(=O)Nc1cc(NC(=O)O)ccc1-2. The molecular formula is C33H31N7O6. The number of ether oxygens (including phenoxy) is 1. The number of nitriles is 1. The number of nitrogens with one attached hydrogen (secondary N) is 2. The zero-order valence-electron chi connectivity index (χ0n) is 25.2. The van der Waals surface area contributed by atoms with Gasteiger partial charge in [-0.15, -0.1) is 0 Å². The molecule has 6 rings (SSSR count). The Bertz CT molecular complexity index is 1960. The fourth-order valence-electron chi connectivity index (χ4n) is 6.12. The summed E-state index contributed by atoms with van der Waals surface area (Å²) in [6.07, 6.45) is 2.45. The first-order chi connectivity index (χ1) is 22.2. The third kappa shape index (κ3) is 5.68. The Labute approximate surface area is 263 Å². The fourth-order valence-corrected chi connectivity index (χ4v) is 6.12. The van der Waals surface area contributed by atoms with Crippen LogP contribution in [-0.4, -0.2) is 51.7 Å². The number of methoxy groups -OCH3 is 1. The smallest absolute Gasteiger partial charge is 0.409 e. The Hall–Kier alpha value is -5.90. The number of fused-ring (bicyclic) bond motifs is 5. The van der Waals surface area contributed by atoms with Crippen LogP contribution in [0.25, 0.3) is 27.7 Å². The van der Waals surface area contributed by atoms with Gasteiger partial charge in [-0.05, 0) is 60.7 Å². The highest BCUT2D eigenvalue weighted by Gasteiger charge is 2.32. The average molecular weight is 622 g/mol. The second-order valence-electron chi connectivity index (χ2n) is 11.3. The molecule has 4 heterocycles. The van der Waals surface area contributed by atoms with Crippen LogP contribution in [0.3, 0.4) is 0 Å². The summed E-state index contributed by atoms with van der Waals surface area (Å²) in [4.78, 5) is 44.9. The first kappa shape index (κ1) is 30.1. The molecule has 0 saturated carbocycles. The van der Waals surface area contributed by atoms with Gasteiger partial charge in [0.05, 0.1) is 41.6 Å². The Morgan fingerprint density at radius 2 is 2.04 bits per heavy atom. The Morgan fingerprint density at radius 1 is 1.22 bits per heavy atom. The molecule has 0 aliphatic carbocycles. The molecule has 46 heavy (non-hydrogen) atoms.